The summed E-state index contributed by atoms with van der Waals surface area (Å²) in [4.78, 5) is 0. The topological polar surface area (TPSA) is 29.5 Å². The Morgan fingerprint density at radius 3 is 2.50 bits per heavy atom. The Morgan fingerprint density at radius 1 is 1.06 bits per heavy atom. The van der Waals surface area contributed by atoms with Gasteiger partial charge in [-0.05, 0) is 43.9 Å². The van der Waals surface area contributed by atoms with Crippen LogP contribution in [-0.2, 0) is 4.74 Å². The molecule has 18 heavy (non-hydrogen) atoms. The van der Waals surface area contributed by atoms with E-state index in [1.165, 1.54) is 51.4 Å². The highest BCUT2D eigenvalue weighted by molar-refractivity contribution is 4.93. The molecule has 2 atom stereocenters. The van der Waals surface area contributed by atoms with Gasteiger partial charge in [0, 0.05) is 6.61 Å². The van der Waals surface area contributed by atoms with E-state index in [4.69, 9.17) is 4.74 Å². The molecular weight excluding hydrogens is 224 g/mol. The minimum Gasteiger partial charge on any atom is -0.393 e. The molecule has 3 rings (SSSR count). The van der Waals surface area contributed by atoms with Gasteiger partial charge >= 0.3 is 0 Å². The average Bonchev–Trinajstić information content (AvgIpc) is 3.02. The summed E-state index contributed by atoms with van der Waals surface area (Å²) in [5.41, 5.74) is 0.166. The Kier molecular flexibility index (Phi) is 3.95. The predicted molar refractivity (Wildman–Crippen MR) is 72.5 cm³/mol. The highest BCUT2D eigenvalue weighted by atomic mass is 16.5. The fourth-order valence-electron chi connectivity index (χ4n) is 4.54. The van der Waals surface area contributed by atoms with E-state index in [1.807, 2.05) is 0 Å². The van der Waals surface area contributed by atoms with Crippen molar-refractivity contribution in [1.29, 1.82) is 0 Å². The molecule has 104 valence electrons. The lowest BCUT2D eigenvalue weighted by Gasteiger charge is -2.40. The van der Waals surface area contributed by atoms with Crippen LogP contribution in [0.15, 0.2) is 0 Å². The second-order valence-electron chi connectivity index (χ2n) is 6.94. The molecule has 3 aliphatic rings. The van der Waals surface area contributed by atoms with Crippen molar-refractivity contribution in [3.8, 4) is 0 Å². The zero-order valence-electron chi connectivity index (χ0n) is 11.6. The Hall–Kier alpha value is -0.0800. The lowest BCUT2D eigenvalue weighted by Crippen LogP contribution is -2.41. The average molecular weight is 252 g/mol. The molecular formula is C16H28O2. The summed E-state index contributed by atoms with van der Waals surface area (Å²) in [7, 11) is 0. The van der Waals surface area contributed by atoms with Crippen LogP contribution in [0, 0.1) is 11.8 Å². The van der Waals surface area contributed by atoms with Gasteiger partial charge in [0.15, 0.2) is 0 Å². The van der Waals surface area contributed by atoms with Crippen molar-refractivity contribution >= 4 is 0 Å². The first-order valence-electron chi connectivity index (χ1n) is 8.09. The fourth-order valence-corrected chi connectivity index (χ4v) is 4.54. The van der Waals surface area contributed by atoms with Crippen molar-refractivity contribution in [3.05, 3.63) is 0 Å². The second kappa shape index (κ2) is 5.50. The van der Waals surface area contributed by atoms with Crippen molar-refractivity contribution in [1.82, 2.24) is 0 Å². The molecule has 0 amide bonds. The van der Waals surface area contributed by atoms with Gasteiger partial charge in [-0.3, -0.25) is 0 Å². The molecule has 0 aromatic carbocycles. The van der Waals surface area contributed by atoms with E-state index in [9.17, 15) is 5.11 Å². The zero-order valence-corrected chi connectivity index (χ0v) is 11.6. The SMILES string of the molecule is OC(CC1CCCC1)C1CCOC2(CCCC2)C1. The van der Waals surface area contributed by atoms with Crippen LogP contribution in [0.25, 0.3) is 0 Å². The number of hydrogen-bond donors (Lipinski definition) is 1. The Bertz CT molecular complexity index is 264. The third-order valence-electron chi connectivity index (χ3n) is 5.64. The summed E-state index contributed by atoms with van der Waals surface area (Å²) in [6, 6.07) is 0. The summed E-state index contributed by atoms with van der Waals surface area (Å²) < 4.78 is 6.07. The second-order valence-corrected chi connectivity index (χ2v) is 6.94. The maximum atomic E-state index is 10.5. The summed E-state index contributed by atoms with van der Waals surface area (Å²) in [5, 5.41) is 10.5. The molecule has 1 spiro atoms. The summed E-state index contributed by atoms with van der Waals surface area (Å²) in [6.07, 6.45) is 13.8. The molecule has 2 saturated carbocycles. The molecule has 0 aromatic heterocycles. The largest absolute Gasteiger partial charge is 0.393 e. The predicted octanol–water partition coefficient (Wildman–Crippen LogP) is 3.67. The minimum atomic E-state index is -0.0607. The fraction of sp³-hybridized carbons (Fsp3) is 1.00. The molecule has 2 nitrogen and oxygen atoms in total. The molecule has 0 bridgehead atoms. The molecule has 2 aliphatic carbocycles. The van der Waals surface area contributed by atoms with Gasteiger partial charge in [0.1, 0.15) is 0 Å². The molecule has 1 N–H and O–H groups in total. The number of aliphatic hydroxyl groups excluding tert-OH is 1. The first kappa shape index (κ1) is 12.9. The van der Waals surface area contributed by atoms with Gasteiger partial charge in [-0.2, -0.15) is 0 Å². The van der Waals surface area contributed by atoms with Crippen LogP contribution >= 0.6 is 0 Å². The molecule has 1 saturated heterocycles. The van der Waals surface area contributed by atoms with Crippen LogP contribution in [0.1, 0.15) is 70.6 Å². The van der Waals surface area contributed by atoms with Gasteiger partial charge in [-0.1, -0.05) is 38.5 Å². The number of aliphatic hydroxyl groups is 1. The van der Waals surface area contributed by atoms with Crippen LogP contribution in [0.2, 0.25) is 0 Å². The summed E-state index contributed by atoms with van der Waals surface area (Å²) >= 11 is 0. The lowest BCUT2D eigenvalue weighted by atomic mass is 9.79. The van der Waals surface area contributed by atoms with Crippen LogP contribution in [0.5, 0.6) is 0 Å². The molecule has 0 radical (unpaired) electrons. The molecule has 3 fully saturated rings. The van der Waals surface area contributed by atoms with Crippen LogP contribution in [0.4, 0.5) is 0 Å². The highest BCUT2D eigenvalue weighted by Gasteiger charge is 2.42. The lowest BCUT2D eigenvalue weighted by molar-refractivity contribution is -0.114. The van der Waals surface area contributed by atoms with Gasteiger partial charge in [-0.25, -0.2) is 0 Å². The number of rotatable bonds is 3. The monoisotopic (exact) mass is 252 g/mol. The number of ether oxygens (including phenoxy) is 1. The van der Waals surface area contributed by atoms with Crippen molar-refractivity contribution in [3.63, 3.8) is 0 Å². The van der Waals surface area contributed by atoms with Crippen LogP contribution < -0.4 is 0 Å². The van der Waals surface area contributed by atoms with E-state index < -0.39 is 0 Å². The van der Waals surface area contributed by atoms with Gasteiger partial charge in [0.25, 0.3) is 0 Å². The molecule has 0 aromatic rings. The van der Waals surface area contributed by atoms with Crippen molar-refractivity contribution in [2.24, 2.45) is 11.8 Å². The third kappa shape index (κ3) is 2.75. The van der Waals surface area contributed by atoms with E-state index in [1.54, 1.807) is 0 Å². The van der Waals surface area contributed by atoms with E-state index in [-0.39, 0.29) is 11.7 Å². The first-order chi connectivity index (χ1) is 8.77. The maximum absolute atomic E-state index is 10.5. The van der Waals surface area contributed by atoms with Gasteiger partial charge in [0.05, 0.1) is 11.7 Å². The third-order valence-corrected chi connectivity index (χ3v) is 5.64. The van der Waals surface area contributed by atoms with E-state index >= 15 is 0 Å². The van der Waals surface area contributed by atoms with E-state index in [0.29, 0.717) is 5.92 Å². The molecule has 1 heterocycles. The van der Waals surface area contributed by atoms with Gasteiger partial charge in [-0.15, -0.1) is 0 Å². The maximum Gasteiger partial charge on any atom is 0.0686 e. The van der Waals surface area contributed by atoms with Crippen molar-refractivity contribution < 1.29 is 9.84 Å². The van der Waals surface area contributed by atoms with Gasteiger partial charge < -0.3 is 9.84 Å². The molecule has 1 aliphatic heterocycles. The van der Waals surface area contributed by atoms with E-state index in [0.717, 1.165) is 31.8 Å². The van der Waals surface area contributed by atoms with Gasteiger partial charge in [0.2, 0.25) is 0 Å². The standard InChI is InChI=1S/C16H28O2/c17-15(11-13-5-1-2-6-13)14-7-10-18-16(12-14)8-3-4-9-16/h13-15,17H,1-12H2. The normalized spacial score (nSPS) is 34.2. The highest BCUT2D eigenvalue weighted by Crippen LogP contribution is 2.44. The Morgan fingerprint density at radius 2 is 1.78 bits per heavy atom. The minimum absolute atomic E-state index is 0.0607. The Balaban J connectivity index is 1.54. The summed E-state index contributed by atoms with van der Waals surface area (Å²) in [5.74, 6) is 1.32. The van der Waals surface area contributed by atoms with Crippen LogP contribution in [-0.4, -0.2) is 23.4 Å². The summed E-state index contributed by atoms with van der Waals surface area (Å²) in [6.45, 7) is 0.881. The quantitative estimate of drug-likeness (QED) is 0.830. The van der Waals surface area contributed by atoms with Crippen molar-refractivity contribution in [2.75, 3.05) is 6.61 Å². The van der Waals surface area contributed by atoms with Crippen LogP contribution in [0.3, 0.4) is 0 Å². The molecule has 2 unspecified atom stereocenters. The zero-order chi connectivity index (χ0) is 12.4. The molecule has 2 heteroatoms. The Labute approximate surface area is 111 Å². The number of hydrogen-bond acceptors (Lipinski definition) is 2. The van der Waals surface area contributed by atoms with E-state index in [2.05, 4.69) is 0 Å². The smallest absolute Gasteiger partial charge is 0.0686 e. The van der Waals surface area contributed by atoms with Crippen molar-refractivity contribution in [2.45, 2.75) is 82.3 Å². The first-order valence-corrected chi connectivity index (χ1v) is 8.09.